The van der Waals surface area contributed by atoms with Crippen molar-refractivity contribution in [3.63, 3.8) is 0 Å². The van der Waals surface area contributed by atoms with E-state index in [1.165, 1.54) is 0 Å². The van der Waals surface area contributed by atoms with Gasteiger partial charge in [0.2, 0.25) is 5.91 Å². The second-order valence-electron chi connectivity index (χ2n) is 3.55. The second-order valence-corrected chi connectivity index (χ2v) is 3.55. The highest BCUT2D eigenvalue weighted by molar-refractivity contribution is 6.09. The summed E-state index contributed by atoms with van der Waals surface area (Å²) < 4.78 is 0. The maximum atomic E-state index is 11.2. The van der Waals surface area contributed by atoms with Crippen LogP contribution in [0.25, 0.3) is 0 Å². The Morgan fingerprint density at radius 3 is 1.75 bits per heavy atom. The van der Waals surface area contributed by atoms with Crippen LogP contribution in [0.3, 0.4) is 0 Å². The van der Waals surface area contributed by atoms with Gasteiger partial charge in [-0.3, -0.25) is 4.79 Å². The number of amides is 1. The fourth-order valence-electron chi connectivity index (χ4n) is 1.42. The number of carboxylic acids is 3. The normalized spacial score (nSPS) is 9.60. The summed E-state index contributed by atoms with van der Waals surface area (Å²) in [5.74, 6) is -5.42. The highest BCUT2D eigenvalue weighted by Gasteiger charge is 2.22. The van der Waals surface area contributed by atoms with Gasteiger partial charge in [0, 0.05) is 0 Å². The summed E-state index contributed by atoms with van der Waals surface area (Å²) in [4.78, 5) is 44.1. The van der Waals surface area contributed by atoms with Crippen molar-refractivity contribution in [3.05, 3.63) is 41.5 Å². The van der Waals surface area contributed by atoms with Gasteiger partial charge in [-0.05, 0) is 18.2 Å². The number of benzene rings is 1. The van der Waals surface area contributed by atoms with Gasteiger partial charge in [0.1, 0.15) is 0 Å². The van der Waals surface area contributed by atoms with Crippen molar-refractivity contribution in [2.45, 2.75) is 0 Å². The molecule has 8 nitrogen and oxygen atoms in total. The minimum absolute atomic E-state index is 0.329. The van der Waals surface area contributed by atoms with Crippen LogP contribution < -0.4 is 5.32 Å². The third-order valence-electron chi connectivity index (χ3n) is 2.29. The van der Waals surface area contributed by atoms with Crippen molar-refractivity contribution in [2.75, 3.05) is 5.32 Å². The number of nitrogens with one attached hydrogen (secondary N) is 1. The summed E-state index contributed by atoms with van der Waals surface area (Å²) in [6, 6.07) is 1.45. The SMILES string of the molecule is C=CC(=O)Nc1cc(C(=O)O)c(C(=O)O)cc1C(=O)O. The Morgan fingerprint density at radius 1 is 0.900 bits per heavy atom. The van der Waals surface area contributed by atoms with Crippen molar-refractivity contribution >= 4 is 29.5 Å². The Hall–Kier alpha value is -3.16. The van der Waals surface area contributed by atoms with Crippen LogP contribution in [0.2, 0.25) is 0 Å². The zero-order valence-electron chi connectivity index (χ0n) is 9.91. The van der Waals surface area contributed by atoms with Crippen LogP contribution in [0, 0.1) is 0 Å². The molecule has 0 aliphatic carbocycles. The van der Waals surface area contributed by atoms with Crippen LogP contribution in [-0.2, 0) is 4.79 Å². The molecule has 1 rings (SSSR count). The Balaban J connectivity index is 3.56. The van der Waals surface area contributed by atoms with Crippen LogP contribution in [0.1, 0.15) is 31.1 Å². The molecule has 1 amide bonds. The fraction of sp³-hybridized carbons (Fsp3) is 0. The van der Waals surface area contributed by atoms with E-state index in [1.807, 2.05) is 0 Å². The van der Waals surface area contributed by atoms with Gasteiger partial charge < -0.3 is 20.6 Å². The molecule has 1 aromatic carbocycles. The van der Waals surface area contributed by atoms with E-state index >= 15 is 0 Å². The predicted octanol–water partition coefficient (Wildman–Crippen LogP) is 0.906. The van der Waals surface area contributed by atoms with Crippen LogP contribution in [0.15, 0.2) is 24.8 Å². The summed E-state index contributed by atoms with van der Waals surface area (Å²) in [5.41, 5.74) is -2.19. The molecule has 1 aromatic rings. The first-order chi connectivity index (χ1) is 9.27. The Bertz CT molecular complexity index is 633. The monoisotopic (exact) mass is 279 g/mol. The van der Waals surface area contributed by atoms with Gasteiger partial charge in [0.05, 0.1) is 22.4 Å². The van der Waals surface area contributed by atoms with Crippen molar-refractivity contribution in [1.29, 1.82) is 0 Å². The standard InChI is InChI=1S/C12H9NO7/c1-2-9(14)13-8-4-6(11(17)18)5(10(15)16)3-7(8)12(19)20/h2-4H,1H2,(H,13,14)(H,15,16)(H,17,18)(H,19,20). The molecule has 0 fully saturated rings. The molecule has 0 aliphatic rings. The lowest BCUT2D eigenvalue weighted by atomic mass is 10.0. The third kappa shape index (κ3) is 2.99. The van der Waals surface area contributed by atoms with Crippen LogP contribution in [0.5, 0.6) is 0 Å². The lowest BCUT2D eigenvalue weighted by Crippen LogP contribution is -2.16. The van der Waals surface area contributed by atoms with E-state index in [2.05, 4.69) is 11.9 Å². The van der Waals surface area contributed by atoms with E-state index < -0.39 is 40.5 Å². The molecule has 0 saturated carbocycles. The molecule has 0 saturated heterocycles. The van der Waals surface area contributed by atoms with Crippen molar-refractivity contribution in [3.8, 4) is 0 Å². The highest BCUT2D eigenvalue weighted by atomic mass is 16.4. The lowest BCUT2D eigenvalue weighted by Gasteiger charge is -2.10. The largest absolute Gasteiger partial charge is 0.478 e. The molecular weight excluding hydrogens is 270 g/mol. The molecule has 0 bridgehead atoms. The Morgan fingerprint density at radius 2 is 1.35 bits per heavy atom. The minimum atomic E-state index is -1.59. The topological polar surface area (TPSA) is 141 Å². The van der Waals surface area contributed by atoms with E-state index in [-0.39, 0.29) is 5.69 Å². The van der Waals surface area contributed by atoms with Crippen molar-refractivity contribution < 1.29 is 34.5 Å². The number of carbonyl (C=O) groups excluding carboxylic acids is 1. The maximum Gasteiger partial charge on any atom is 0.337 e. The van der Waals surface area contributed by atoms with Crippen LogP contribution in [-0.4, -0.2) is 39.1 Å². The molecule has 0 atom stereocenters. The van der Waals surface area contributed by atoms with Gasteiger partial charge in [0.15, 0.2) is 0 Å². The van der Waals surface area contributed by atoms with Crippen LogP contribution in [0.4, 0.5) is 5.69 Å². The van der Waals surface area contributed by atoms with Gasteiger partial charge in [-0.15, -0.1) is 0 Å². The second kappa shape index (κ2) is 5.65. The molecule has 8 heteroatoms. The van der Waals surface area contributed by atoms with Crippen molar-refractivity contribution in [2.24, 2.45) is 0 Å². The first kappa shape index (κ1) is 14.9. The zero-order valence-corrected chi connectivity index (χ0v) is 9.91. The van der Waals surface area contributed by atoms with E-state index in [0.29, 0.717) is 6.07 Å². The quantitative estimate of drug-likeness (QED) is 0.587. The van der Waals surface area contributed by atoms with E-state index in [4.69, 9.17) is 15.3 Å². The first-order valence-corrected chi connectivity index (χ1v) is 5.09. The number of carbonyl (C=O) groups is 4. The molecule has 0 aromatic heterocycles. The Kier molecular flexibility index (Phi) is 4.21. The van der Waals surface area contributed by atoms with E-state index in [9.17, 15) is 19.2 Å². The molecule has 104 valence electrons. The summed E-state index contributed by atoms with van der Waals surface area (Å²) in [5, 5.41) is 28.9. The zero-order chi connectivity index (χ0) is 15.4. The number of anilines is 1. The predicted molar refractivity (Wildman–Crippen MR) is 66.1 cm³/mol. The number of hydrogen-bond donors (Lipinski definition) is 4. The Labute approximate surface area is 112 Å². The average Bonchev–Trinajstić information content (AvgIpc) is 2.37. The summed E-state index contributed by atoms with van der Waals surface area (Å²) in [6.07, 6.45) is 0.858. The highest BCUT2D eigenvalue weighted by Crippen LogP contribution is 2.22. The molecule has 0 unspecified atom stereocenters. The smallest absolute Gasteiger partial charge is 0.337 e. The van der Waals surface area contributed by atoms with Gasteiger partial charge in [-0.25, -0.2) is 14.4 Å². The summed E-state index contributed by atoms with van der Waals surface area (Å²) >= 11 is 0. The molecule has 4 N–H and O–H groups in total. The van der Waals surface area contributed by atoms with Crippen LogP contribution >= 0.6 is 0 Å². The van der Waals surface area contributed by atoms with E-state index in [1.54, 1.807) is 0 Å². The lowest BCUT2D eigenvalue weighted by molar-refractivity contribution is -0.111. The average molecular weight is 279 g/mol. The molecule has 0 aliphatic heterocycles. The van der Waals surface area contributed by atoms with Crippen molar-refractivity contribution in [1.82, 2.24) is 0 Å². The molecule has 0 radical (unpaired) electrons. The third-order valence-corrected chi connectivity index (χ3v) is 2.29. The minimum Gasteiger partial charge on any atom is -0.478 e. The molecule has 0 spiro atoms. The van der Waals surface area contributed by atoms with Gasteiger partial charge in [-0.2, -0.15) is 0 Å². The number of aromatic carboxylic acids is 3. The van der Waals surface area contributed by atoms with Gasteiger partial charge in [-0.1, -0.05) is 6.58 Å². The number of carboxylic acid groups (broad SMARTS) is 3. The first-order valence-electron chi connectivity index (χ1n) is 5.09. The van der Waals surface area contributed by atoms with Gasteiger partial charge in [0.25, 0.3) is 0 Å². The summed E-state index contributed by atoms with van der Waals surface area (Å²) in [7, 11) is 0. The number of rotatable bonds is 5. The molecular formula is C12H9NO7. The summed E-state index contributed by atoms with van der Waals surface area (Å²) in [6.45, 7) is 3.16. The molecule has 20 heavy (non-hydrogen) atoms. The fourth-order valence-corrected chi connectivity index (χ4v) is 1.42. The van der Waals surface area contributed by atoms with E-state index in [0.717, 1.165) is 12.1 Å². The maximum absolute atomic E-state index is 11.2. The molecule has 0 heterocycles. The number of hydrogen-bond acceptors (Lipinski definition) is 4. The van der Waals surface area contributed by atoms with Gasteiger partial charge >= 0.3 is 17.9 Å².